The third kappa shape index (κ3) is 5.99. The molecule has 4 aromatic rings. The van der Waals surface area contributed by atoms with Crippen LogP contribution in [0.1, 0.15) is 22.7 Å². The molecule has 1 atom stereocenters. The van der Waals surface area contributed by atoms with Crippen LogP contribution in [0.5, 0.6) is 5.88 Å². The van der Waals surface area contributed by atoms with Crippen LogP contribution in [0.25, 0.3) is 0 Å². The molecule has 0 aliphatic carbocycles. The molecular formula is C24H26N6O. The van der Waals surface area contributed by atoms with Crippen LogP contribution in [0.15, 0.2) is 85.7 Å². The molecule has 7 heteroatoms. The number of pyridine rings is 4. The highest BCUT2D eigenvalue weighted by Gasteiger charge is 2.21. The minimum Gasteiger partial charge on any atom is -0.481 e. The number of aromatic nitrogens is 4. The monoisotopic (exact) mass is 414 g/mol. The summed E-state index contributed by atoms with van der Waals surface area (Å²) in [6.07, 6.45) is 10.9. The van der Waals surface area contributed by atoms with Crippen LogP contribution in [0, 0.1) is 6.92 Å². The Balaban J connectivity index is 0.000000330. The molecule has 0 saturated heterocycles. The fourth-order valence-corrected chi connectivity index (χ4v) is 3.13. The van der Waals surface area contributed by atoms with Gasteiger partial charge in [0.1, 0.15) is 5.82 Å². The highest BCUT2D eigenvalue weighted by atomic mass is 16.5. The van der Waals surface area contributed by atoms with Crippen LogP contribution in [0.3, 0.4) is 0 Å². The van der Waals surface area contributed by atoms with Gasteiger partial charge in [-0.05, 0) is 53.9 Å². The maximum Gasteiger partial charge on any atom is 0.212 e. The zero-order valence-electron chi connectivity index (χ0n) is 17.9. The molecule has 4 aromatic heterocycles. The van der Waals surface area contributed by atoms with Crippen molar-refractivity contribution in [2.24, 2.45) is 0 Å². The zero-order chi connectivity index (χ0) is 22.1. The first-order valence-electron chi connectivity index (χ1n) is 9.79. The second-order valence-corrected chi connectivity index (χ2v) is 6.91. The molecule has 31 heavy (non-hydrogen) atoms. The van der Waals surface area contributed by atoms with Gasteiger partial charge < -0.3 is 15.4 Å². The molecule has 4 rings (SSSR count). The lowest BCUT2D eigenvalue weighted by Gasteiger charge is -2.30. The van der Waals surface area contributed by atoms with E-state index in [0.717, 1.165) is 22.4 Å². The molecule has 1 unspecified atom stereocenters. The normalized spacial score (nSPS) is 11.1. The van der Waals surface area contributed by atoms with Crippen molar-refractivity contribution in [3.8, 4) is 5.88 Å². The van der Waals surface area contributed by atoms with E-state index in [0.29, 0.717) is 11.7 Å². The molecule has 0 aromatic carbocycles. The zero-order valence-corrected chi connectivity index (χ0v) is 17.9. The number of hydrogen-bond acceptors (Lipinski definition) is 7. The van der Waals surface area contributed by atoms with Gasteiger partial charge in [0.05, 0.1) is 25.0 Å². The van der Waals surface area contributed by atoms with Crippen molar-refractivity contribution >= 4 is 11.5 Å². The third-order valence-electron chi connectivity index (χ3n) is 4.62. The van der Waals surface area contributed by atoms with Crippen molar-refractivity contribution in [3.63, 3.8) is 0 Å². The van der Waals surface area contributed by atoms with Crippen molar-refractivity contribution in [2.75, 3.05) is 24.8 Å². The van der Waals surface area contributed by atoms with Crippen molar-refractivity contribution in [3.05, 3.63) is 102 Å². The molecule has 0 bridgehead atoms. The van der Waals surface area contributed by atoms with Crippen molar-refractivity contribution in [1.29, 1.82) is 0 Å². The van der Waals surface area contributed by atoms with Gasteiger partial charge in [0.2, 0.25) is 5.88 Å². The predicted octanol–water partition coefficient (Wildman–Crippen LogP) is 4.08. The predicted molar refractivity (Wildman–Crippen MR) is 123 cm³/mol. The lowest BCUT2D eigenvalue weighted by molar-refractivity contribution is 0.397. The van der Waals surface area contributed by atoms with Gasteiger partial charge in [-0.25, -0.2) is 9.97 Å². The van der Waals surface area contributed by atoms with E-state index in [1.54, 1.807) is 25.6 Å². The van der Waals surface area contributed by atoms with Crippen LogP contribution >= 0.6 is 0 Å². The van der Waals surface area contributed by atoms with Gasteiger partial charge in [-0.3, -0.25) is 9.97 Å². The summed E-state index contributed by atoms with van der Waals surface area (Å²) >= 11 is 0. The number of rotatable bonds is 5. The largest absolute Gasteiger partial charge is 0.481 e. The Morgan fingerprint density at radius 1 is 0.871 bits per heavy atom. The smallest absolute Gasteiger partial charge is 0.212 e. The van der Waals surface area contributed by atoms with Gasteiger partial charge in [-0.1, -0.05) is 12.1 Å². The molecule has 0 fully saturated rings. The van der Waals surface area contributed by atoms with Crippen molar-refractivity contribution in [2.45, 2.75) is 13.0 Å². The standard InChI is InChI=1S/C19H20N4O.C5H6N2/c1-14-9-16(11-21-10-14)19(15-6-7-18(24-3)22-12-15)23(2)17-5-4-8-20-13-17;6-5-3-1-2-4-7-5/h4-13,19H,1-3H3;1-4H,(H2,6,7). The minimum absolute atomic E-state index is 0.0139. The second-order valence-electron chi connectivity index (χ2n) is 6.91. The molecule has 0 aliphatic heterocycles. The highest BCUT2D eigenvalue weighted by molar-refractivity contribution is 5.50. The molecule has 0 saturated carbocycles. The average Bonchev–Trinajstić information content (AvgIpc) is 2.81. The van der Waals surface area contributed by atoms with Gasteiger partial charge in [-0.15, -0.1) is 0 Å². The van der Waals surface area contributed by atoms with E-state index < -0.39 is 0 Å². The van der Waals surface area contributed by atoms with E-state index in [1.165, 1.54) is 0 Å². The Kier molecular flexibility index (Phi) is 7.48. The SMILES string of the molecule is COc1ccc(C(c2cncc(C)c2)N(C)c2cccnc2)cn1.Nc1ccccn1. The number of ether oxygens (including phenoxy) is 1. The first-order valence-corrected chi connectivity index (χ1v) is 9.79. The van der Waals surface area contributed by atoms with Crippen LogP contribution in [-0.2, 0) is 0 Å². The van der Waals surface area contributed by atoms with Crippen molar-refractivity contribution in [1.82, 2.24) is 19.9 Å². The number of methoxy groups -OCH3 is 1. The lowest BCUT2D eigenvalue weighted by atomic mass is 9.99. The summed E-state index contributed by atoms with van der Waals surface area (Å²) in [7, 11) is 3.67. The van der Waals surface area contributed by atoms with E-state index in [4.69, 9.17) is 10.5 Å². The lowest BCUT2D eigenvalue weighted by Crippen LogP contribution is -2.25. The van der Waals surface area contributed by atoms with Crippen LogP contribution < -0.4 is 15.4 Å². The molecule has 0 spiro atoms. The second kappa shape index (κ2) is 10.7. The maximum atomic E-state index is 5.25. The molecule has 7 nitrogen and oxygen atoms in total. The van der Waals surface area contributed by atoms with E-state index >= 15 is 0 Å². The van der Waals surface area contributed by atoms with Crippen LogP contribution in [0.4, 0.5) is 11.5 Å². The number of aryl methyl sites for hydroxylation is 1. The fraction of sp³-hybridized carbons (Fsp3) is 0.167. The molecule has 0 radical (unpaired) electrons. The van der Waals surface area contributed by atoms with Crippen molar-refractivity contribution < 1.29 is 4.74 Å². The van der Waals surface area contributed by atoms with Gasteiger partial charge >= 0.3 is 0 Å². The Morgan fingerprint density at radius 3 is 2.29 bits per heavy atom. The number of anilines is 2. The number of nitrogens with zero attached hydrogens (tertiary/aromatic N) is 5. The average molecular weight is 415 g/mol. The van der Waals surface area contributed by atoms with Crippen LogP contribution in [-0.4, -0.2) is 34.1 Å². The molecule has 4 heterocycles. The van der Waals surface area contributed by atoms with E-state index in [2.05, 4.69) is 30.9 Å². The Bertz CT molecular complexity index is 1060. The molecule has 2 N–H and O–H groups in total. The maximum absolute atomic E-state index is 5.25. The molecular weight excluding hydrogens is 388 g/mol. The molecule has 0 aliphatic rings. The summed E-state index contributed by atoms with van der Waals surface area (Å²) in [5.74, 6) is 1.17. The summed E-state index contributed by atoms with van der Waals surface area (Å²) in [4.78, 5) is 18.9. The topological polar surface area (TPSA) is 90.0 Å². The molecule has 0 amide bonds. The first kappa shape index (κ1) is 21.7. The quantitative estimate of drug-likeness (QED) is 0.526. The van der Waals surface area contributed by atoms with Crippen LogP contribution in [0.2, 0.25) is 0 Å². The Labute approximate surface area is 182 Å². The van der Waals surface area contributed by atoms with E-state index in [-0.39, 0.29) is 6.04 Å². The van der Waals surface area contributed by atoms with Gasteiger partial charge in [-0.2, -0.15) is 0 Å². The summed E-state index contributed by atoms with van der Waals surface area (Å²) < 4.78 is 5.17. The number of hydrogen-bond donors (Lipinski definition) is 1. The number of nitrogens with two attached hydrogens (primary N) is 1. The summed E-state index contributed by atoms with van der Waals surface area (Å²) in [5.41, 5.74) is 9.57. The first-order chi connectivity index (χ1) is 15.1. The van der Waals surface area contributed by atoms with E-state index in [1.807, 2.05) is 75.2 Å². The summed E-state index contributed by atoms with van der Waals surface area (Å²) in [6.45, 7) is 2.05. The van der Waals surface area contributed by atoms with Gasteiger partial charge in [0.25, 0.3) is 0 Å². The summed E-state index contributed by atoms with van der Waals surface area (Å²) in [5, 5.41) is 0. The van der Waals surface area contributed by atoms with E-state index in [9.17, 15) is 0 Å². The molecule has 158 valence electrons. The highest BCUT2D eigenvalue weighted by Crippen LogP contribution is 2.31. The Morgan fingerprint density at radius 2 is 1.74 bits per heavy atom. The number of nitrogen functional groups attached to an aromatic ring is 1. The summed E-state index contributed by atoms with van der Waals surface area (Å²) in [6, 6.07) is 15.5. The van der Waals surface area contributed by atoms with Gasteiger partial charge in [0.15, 0.2) is 0 Å². The third-order valence-corrected chi connectivity index (χ3v) is 4.62. The fourth-order valence-electron chi connectivity index (χ4n) is 3.13. The van der Waals surface area contributed by atoms with Gasteiger partial charge in [0, 0.05) is 44.1 Å². The Hall–Kier alpha value is -4.00. The minimum atomic E-state index is -0.0139.